The Balaban J connectivity index is 1.88. The lowest BCUT2D eigenvalue weighted by atomic mass is 10.2. The van der Waals surface area contributed by atoms with E-state index in [1.165, 1.54) is 0 Å². The summed E-state index contributed by atoms with van der Waals surface area (Å²) in [4.78, 5) is 27.6. The van der Waals surface area contributed by atoms with Gasteiger partial charge in [-0.25, -0.2) is 0 Å². The predicted octanol–water partition coefficient (Wildman–Crippen LogP) is 2.23. The number of nitrogens with one attached hydrogen (secondary N) is 2. The second-order valence-corrected chi connectivity index (χ2v) is 7.40. The van der Waals surface area contributed by atoms with Crippen LogP contribution >= 0.6 is 11.6 Å². The number of hydrogen-bond donors (Lipinski definition) is 2. The van der Waals surface area contributed by atoms with Crippen LogP contribution in [0.25, 0.3) is 0 Å². The van der Waals surface area contributed by atoms with Crippen LogP contribution in [0, 0.1) is 0 Å². The van der Waals surface area contributed by atoms with Gasteiger partial charge in [-0.05, 0) is 43.7 Å². The van der Waals surface area contributed by atoms with E-state index >= 15 is 0 Å². The van der Waals surface area contributed by atoms with Crippen molar-refractivity contribution >= 4 is 29.1 Å². The summed E-state index contributed by atoms with van der Waals surface area (Å²) in [6.45, 7) is 5.05. The Morgan fingerprint density at radius 2 is 1.67 bits per heavy atom. The topological polar surface area (TPSA) is 53.9 Å². The highest BCUT2D eigenvalue weighted by atomic mass is 35.5. The van der Waals surface area contributed by atoms with Crippen LogP contribution in [0.4, 0.5) is 5.69 Å². The van der Waals surface area contributed by atoms with E-state index in [1.54, 1.807) is 24.3 Å². The second kappa shape index (κ2) is 10.1. The number of halogens is 1. The third-order valence-corrected chi connectivity index (χ3v) is 4.43. The van der Waals surface area contributed by atoms with E-state index in [0.717, 1.165) is 10.5 Å². The molecular weight excluding hydrogens is 362 g/mol. The van der Waals surface area contributed by atoms with Gasteiger partial charge in [-0.1, -0.05) is 41.9 Å². The molecule has 0 radical (unpaired) electrons. The fourth-order valence-electron chi connectivity index (χ4n) is 2.77. The lowest BCUT2D eigenvalue weighted by Gasteiger charge is -2.27. The van der Waals surface area contributed by atoms with Gasteiger partial charge in [0, 0.05) is 23.3 Å². The van der Waals surface area contributed by atoms with Crippen molar-refractivity contribution in [2.75, 3.05) is 25.5 Å². The molecule has 0 aliphatic rings. The minimum Gasteiger partial charge on any atom is -0.331 e. The van der Waals surface area contributed by atoms with Crippen molar-refractivity contribution < 1.29 is 14.5 Å². The highest BCUT2D eigenvalue weighted by Crippen LogP contribution is 2.13. The second-order valence-electron chi connectivity index (χ2n) is 6.97. The zero-order valence-corrected chi connectivity index (χ0v) is 16.8. The Hall–Kier alpha value is -2.37. The highest BCUT2D eigenvalue weighted by Gasteiger charge is 2.22. The minimum absolute atomic E-state index is 0.0330. The van der Waals surface area contributed by atoms with Gasteiger partial charge in [0.1, 0.15) is 0 Å². The number of nitrogens with zero attached hydrogens (tertiary/aromatic N) is 1. The first-order chi connectivity index (χ1) is 12.8. The number of carbonyl (C=O) groups excluding carboxylic acids is 2. The number of rotatable bonds is 8. The Bertz CT molecular complexity index is 748. The summed E-state index contributed by atoms with van der Waals surface area (Å²) in [7, 11) is 1.85. The monoisotopic (exact) mass is 388 g/mol. The average molecular weight is 389 g/mol. The molecule has 1 unspecified atom stereocenters. The number of anilines is 1. The fourth-order valence-corrected chi connectivity index (χ4v) is 2.90. The van der Waals surface area contributed by atoms with Crippen LogP contribution in [0.15, 0.2) is 54.6 Å². The first-order valence-corrected chi connectivity index (χ1v) is 9.43. The number of hydrogen-bond acceptors (Lipinski definition) is 2. The molecule has 0 bridgehead atoms. The van der Waals surface area contributed by atoms with Crippen LogP contribution in [0.2, 0.25) is 5.02 Å². The zero-order valence-electron chi connectivity index (χ0n) is 16.0. The van der Waals surface area contributed by atoms with Crippen LogP contribution in [0.1, 0.15) is 19.4 Å². The summed E-state index contributed by atoms with van der Waals surface area (Å²) in [5, 5.41) is 3.44. The van der Waals surface area contributed by atoms with Crippen molar-refractivity contribution in [1.82, 2.24) is 4.90 Å². The van der Waals surface area contributed by atoms with Gasteiger partial charge in [0.25, 0.3) is 11.8 Å². The molecule has 2 aromatic rings. The quantitative estimate of drug-likeness (QED) is 0.728. The summed E-state index contributed by atoms with van der Waals surface area (Å²) < 4.78 is 0. The highest BCUT2D eigenvalue weighted by molar-refractivity contribution is 6.30. The normalized spacial score (nSPS) is 11.9. The van der Waals surface area contributed by atoms with Crippen LogP contribution in [-0.4, -0.2) is 42.9 Å². The number of carbonyl (C=O) groups is 2. The molecule has 0 fully saturated rings. The number of likely N-dealkylation sites (N-methyl/N-ethyl adjacent to an activating group) is 1. The smallest absolute Gasteiger partial charge is 0.279 e. The van der Waals surface area contributed by atoms with Crippen LogP contribution < -0.4 is 10.2 Å². The molecule has 27 heavy (non-hydrogen) atoms. The van der Waals surface area contributed by atoms with Gasteiger partial charge in [0.2, 0.25) is 0 Å². The molecule has 2 N–H and O–H groups in total. The summed E-state index contributed by atoms with van der Waals surface area (Å²) in [6.07, 6.45) is 0. The van der Waals surface area contributed by atoms with Crippen molar-refractivity contribution in [3.05, 3.63) is 65.2 Å². The molecule has 0 heterocycles. The predicted molar refractivity (Wildman–Crippen MR) is 109 cm³/mol. The minimum atomic E-state index is -0.137. The van der Waals surface area contributed by atoms with Crippen molar-refractivity contribution in [3.8, 4) is 0 Å². The number of amides is 2. The summed E-state index contributed by atoms with van der Waals surface area (Å²) >= 11 is 5.84. The maximum absolute atomic E-state index is 12.7. The van der Waals surface area contributed by atoms with E-state index in [-0.39, 0.29) is 30.9 Å². The molecule has 0 saturated heterocycles. The van der Waals surface area contributed by atoms with E-state index in [0.29, 0.717) is 17.3 Å². The standard InChI is InChI=1S/C21H26ClN3O2/c1-16(2)25(13-17-7-5-4-6-8-17)21(27)15-24(3)14-20(26)23-19-11-9-18(22)10-12-19/h4-12,16H,13-15H2,1-3H3,(H,23,26)/p+1. The molecule has 0 aromatic heterocycles. The molecule has 144 valence electrons. The van der Waals surface area contributed by atoms with Crippen molar-refractivity contribution in [1.29, 1.82) is 0 Å². The molecule has 0 aliphatic heterocycles. The molecule has 5 nitrogen and oxygen atoms in total. The maximum Gasteiger partial charge on any atom is 0.279 e. The average Bonchev–Trinajstić information content (AvgIpc) is 2.62. The summed E-state index contributed by atoms with van der Waals surface area (Å²) in [5.41, 5.74) is 1.79. The van der Waals surface area contributed by atoms with Gasteiger partial charge in [-0.3, -0.25) is 9.59 Å². The Labute approximate surface area is 165 Å². The molecule has 0 aliphatic carbocycles. The lowest BCUT2D eigenvalue weighted by molar-refractivity contribution is -0.862. The van der Waals surface area contributed by atoms with Gasteiger partial charge in [0.15, 0.2) is 13.1 Å². The van der Waals surface area contributed by atoms with Crippen LogP contribution in [0.3, 0.4) is 0 Å². The third kappa shape index (κ3) is 7.04. The maximum atomic E-state index is 12.7. The lowest BCUT2D eigenvalue weighted by Crippen LogP contribution is -3.11. The molecule has 0 saturated carbocycles. The van der Waals surface area contributed by atoms with Crippen molar-refractivity contribution in [2.45, 2.75) is 26.4 Å². The Kier molecular flexibility index (Phi) is 7.82. The first kappa shape index (κ1) is 20.9. The Morgan fingerprint density at radius 1 is 1.04 bits per heavy atom. The molecule has 0 spiro atoms. The van der Waals surface area contributed by atoms with E-state index in [1.807, 2.05) is 56.1 Å². The molecule has 1 atom stereocenters. The van der Waals surface area contributed by atoms with Gasteiger partial charge in [-0.2, -0.15) is 0 Å². The van der Waals surface area contributed by atoms with Crippen LogP contribution in [-0.2, 0) is 16.1 Å². The summed E-state index contributed by atoms with van der Waals surface area (Å²) in [5.74, 6) is -0.104. The molecular formula is C21H27ClN3O2+. The van der Waals surface area contributed by atoms with E-state index < -0.39 is 0 Å². The largest absolute Gasteiger partial charge is 0.331 e. The SMILES string of the molecule is CC(C)N(Cc1ccccc1)C(=O)C[NH+](C)CC(=O)Nc1ccc(Cl)cc1. The third-order valence-electron chi connectivity index (χ3n) is 4.18. The van der Waals surface area contributed by atoms with Gasteiger partial charge in [-0.15, -0.1) is 0 Å². The summed E-state index contributed by atoms with van der Waals surface area (Å²) in [6, 6.07) is 17.0. The number of quaternary nitrogens is 1. The fraction of sp³-hybridized carbons (Fsp3) is 0.333. The van der Waals surface area contributed by atoms with Gasteiger partial charge < -0.3 is 15.1 Å². The van der Waals surface area contributed by atoms with Crippen molar-refractivity contribution in [3.63, 3.8) is 0 Å². The van der Waals surface area contributed by atoms with E-state index in [4.69, 9.17) is 11.6 Å². The molecule has 2 rings (SSSR count). The van der Waals surface area contributed by atoms with Gasteiger partial charge in [0.05, 0.1) is 7.05 Å². The molecule has 2 amide bonds. The van der Waals surface area contributed by atoms with Crippen LogP contribution in [0.5, 0.6) is 0 Å². The van der Waals surface area contributed by atoms with E-state index in [9.17, 15) is 9.59 Å². The van der Waals surface area contributed by atoms with E-state index in [2.05, 4.69) is 5.32 Å². The molecule has 2 aromatic carbocycles. The number of benzene rings is 2. The Morgan fingerprint density at radius 3 is 2.26 bits per heavy atom. The zero-order chi connectivity index (χ0) is 19.8. The molecule has 6 heteroatoms. The first-order valence-electron chi connectivity index (χ1n) is 9.05. The van der Waals surface area contributed by atoms with Gasteiger partial charge >= 0.3 is 0 Å². The van der Waals surface area contributed by atoms with Crippen molar-refractivity contribution in [2.24, 2.45) is 0 Å².